The van der Waals surface area contributed by atoms with Crippen molar-refractivity contribution in [1.82, 2.24) is 4.90 Å². The first-order valence-electron chi connectivity index (χ1n) is 9.03. The zero-order chi connectivity index (χ0) is 17.0. The summed E-state index contributed by atoms with van der Waals surface area (Å²) in [7, 11) is 1.47. The molecule has 0 amide bonds. The highest BCUT2D eigenvalue weighted by molar-refractivity contribution is 6.04. The van der Waals surface area contributed by atoms with Crippen LogP contribution in [-0.2, 0) is 14.3 Å². The Morgan fingerprint density at radius 2 is 2.20 bits per heavy atom. The summed E-state index contributed by atoms with van der Waals surface area (Å²) in [5.74, 6) is 0.674. The Kier molecular flexibility index (Phi) is 3.45. The summed E-state index contributed by atoms with van der Waals surface area (Å²) in [6.07, 6.45) is 5.44. The van der Waals surface area contributed by atoms with Crippen LogP contribution in [0.4, 0.5) is 5.69 Å². The molecule has 5 rings (SSSR count). The van der Waals surface area contributed by atoms with Crippen LogP contribution < -0.4 is 0 Å². The highest BCUT2D eigenvalue weighted by Gasteiger charge is 2.48. The number of aliphatic imine (C=N–C) groups is 1. The van der Waals surface area contributed by atoms with E-state index in [1.165, 1.54) is 18.4 Å². The number of carbonyl (C=O) groups is 1. The second-order valence-corrected chi connectivity index (χ2v) is 7.45. The molecule has 2 fully saturated rings. The van der Waals surface area contributed by atoms with Crippen molar-refractivity contribution in [3.05, 3.63) is 42.1 Å². The first kappa shape index (κ1) is 15.1. The van der Waals surface area contributed by atoms with Crippen LogP contribution in [0.5, 0.6) is 0 Å². The van der Waals surface area contributed by atoms with E-state index >= 15 is 0 Å². The summed E-state index contributed by atoms with van der Waals surface area (Å²) in [6, 6.07) is 8.67. The molecule has 0 saturated carbocycles. The van der Waals surface area contributed by atoms with Crippen molar-refractivity contribution >= 4 is 17.4 Å². The van der Waals surface area contributed by atoms with Gasteiger partial charge in [-0.15, -0.1) is 0 Å². The molecular weight excluding hydrogens is 316 g/mol. The number of fused-ring (bicyclic) bond motifs is 6. The van der Waals surface area contributed by atoms with Gasteiger partial charge < -0.3 is 14.4 Å². The number of hydrogen-bond donors (Lipinski definition) is 0. The average Bonchev–Trinajstić information content (AvgIpc) is 3.04. The maximum atomic E-state index is 12.2. The number of ether oxygens (including phenoxy) is 2. The first-order valence-corrected chi connectivity index (χ1v) is 9.03. The summed E-state index contributed by atoms with van der Waals surface area (Å²) in [4.78, 5) is 19.6. The number of rotatable bonds is 1. The highest BCUT2D eigenvalue weighted by atomic mass is 16.5. The topological polar surface area (TPSA) is 51.1 Å². The SMILES string of the molecule is COC(=O)[C@H]1COC[C@H]2CN3C=C[C@@H]4C(=Nc5ccccc54)C3C[C@@H]21. The van der Waals surface area contributed by atoms with Gasteiger partial charge in [-0.25, -0.2) is 0 Å². The van der Waals surface area contributed by atoms with Crippen LogP contribution in [0.25, 0.3) is 0 Å². The third-order valence-electron chi connectivity index (χ3n) is 6.25. The third kappa shape index (κ3) is 2.25. The molecule has 1 unspecified atom stereocenters. The minimum absolute atomic E-state index is 0.136. The monoisotopic (exact) mass is 338 g/mol. The van der Waals surface area contributed by atoms with E-state index in [1.54, 1.807) is 0 Å². The number of allylic oxidation sites excluding steroid dienone is 1. The summed E-state index contributed by atoms with van der Waals surface area (Å²) in [5.41, 5.74) is 3.62. The summed E-state index contributed by atoms with van der Waals surface area (Å²) < 4.78 is 10.7. The van der Waals surface area contributed by atoms with Gasteiger partial charge in [-0.2, -0.15) is 0 Å². The molecule has 2 saturated heterocycles. The van der Waals surface area contributed by atoms with Gasteiger partial charge in [0, 0.05) is 18.4 Å². The smallest absolute Gasteiger partial charge is 0.311 e. The van der Waals surface area contributed by atoms with Gasteiger partial charge in [-0.3, -0.25) is 9.79 Å². The molecule has 5 heteroatoms. The first-order chi connectivity index (χ1) is 12.3. The predicted octanol–water partition coefficient (Wildman–Crippen LogP) is 2.51. The van der Waals surface area contributed by atoms with Gasteiger partial charge >= 0.3 is 5.97 Å². The lowest BCUT2D eigenvalue weighted by molar-refractivity contribution is -0.159. The van der Waals surface area contributed by atoms with Crippen molar-refractivity contribution in [3.63, 3.8) is 0 Å². The third-order valence-corrected chi connectivity index (χ3v) is 6.25. The van der Waals surface area contributed by atoms with Crippen molar-refractivity contribution in [2.75, 3.05) is 26.9 Å². The molecule has 1 aromatic carbocycles. The van der Waals surface area contributed by atoms with Crippen molar-refractivity contribution in [1.29, 1.82) is 0 Å². The Bertz CT molecular complexity index is 772. The number of hydrogen-bond acceptors (Lipinski definition) is 5. The molecule has 0 radical (unpaired) electrons. The second kappa shape index (κ2) is 5.70. The molecule has 4 heterocycles. The fourth-order valence-corrected chi connectivity index (χ4v) is 5.01. The number of nitrogens with zero attached hydrogens (tertiary/aromatic N) is 2. The fourth-order valence-electron chi connectivity index (χ4n) is 5.01. The van der Waals surface area contributed by atoms with E-state index in [1.807, 2.05) is 6.07 Å². The predicted molar refractivity (Wildman–Crippen MR) is 93.8 cm³/mol. The van der Waals surface area contributed by atoms with Crippen molar-refractivity contribution in [3.8, 4) is 0 Å². The van der Waals surface area contributed by atoms with E-state index in [9.17, 15) is 4.79 Å². The Labute approximate surface area is 147 Å². The molecule has 5 atom stereocenters. The standard InChI is InChI=1S/C20H22N2O3/c1-24-20(23)16-11-25-10-12-9-22-7-6-14-13-4-2-3-5-17(13)21-19(14)18(22)8-15(12)16/h2-7,12,14-16,18H,8-11H2,1H3/t12-,14+,15+,16+,18?/m1/s1. The molecule has 0 N–H and O–H groups in total. The molecule has 0 aliphatic carbocycles. The lowest BCUT2D eigenvalue weighted by Gasteiger charge is -2.49. The number of benzene rings is 1. The fraction of sp³-hybridized carbons (Fsp3) is 0.500. The van der Waals surface area contributed by atoms with Crippen LogP contribution >= 0.6 is 0 Å². The minimum Gasteiger partial charge on any atom is -0.469 e. The molecule has 0 aromatic heterocycles. The Morgan fingerprint density at radius 3 is 3.08 bits per heavy atom. The molecule has 1 aromatic rings. The van der Waals surface area contributed by atoms with Gasteiger partial charge in [-0.1, -0.05) is 24.3 Å². The number of methoxy groups -OCH3 is 1. The zero-order valence-corrected chi connectivity index (χ0v) is 14.3. The summed E-state index contributed by atoms with van der Waals surface area (Å²) in [6.45, 7) is 2.12. The van der Waals surface area contributed by atoms with E-state index in [-0.39, 0.29) is 23.8 Å². The number of piperidine rings is 1. The zero-order valence-electron chi connectivity index (χ0n) is 14.3. The Balaban J connectivity index is 1.48. The van der Waals surface area contributed by atoms with E-state index in [2.05, 4.69) is 35.4 Å². The van der Waals surface area contributed by atoms with E-state index in [0.29, 0.717) is 18.4 Å². The largest absolute Gasteiger partial charge is 0.469 e. The lowest BCUT2D eigenvalue weighted by atomic mass is 9.70. The van der Waals surface area contributed by atoms with Crippen LogP contribution in [0.1, 0.15) is 17.9 Å². The van der Waals surface area contributed by atoms with Crippen molar-refractivity contribution in [2.24, 2.45) is 22.7 Å². The normalized spacial score (nSPS) is 35.2. The second-order valence-electron chi connectivity index (χ2n) is 7.45. The van der Waals surface area contributed by atoms with E-state index in [0.717, 1.165) is 25.3 Å². The number of para-hydroxylation sites is 1. The minimum atomic E-state index is -0.153. The maximum absolute atomic E-state index is 12.2. The molecular formula is C20H22N2O3. The highest BCUT2D eigenvalue weighted by Crippen LogP contribution is 2.45. The number of carbonyl (C=O) groups excluding carboxylic acids is 1. The van der Waals surface area contributed by atoms with Gasteiger partial charge in [0.2, 0.25) is 0 Å². The molecule has 4 aliphatic rings. The summed E-state index contributed by atoms with van der Waals surface area (Å²) in [5, 5.41) is 0. The molecule has 0 spiro atoms. The van der Waals surface area contributed by atoms with Crippen molar-refractivity contribution in [2.45, 2.75) is 18.4 Å². The Hall–Kier alpha value is -2.14. The van der Waals surface area contributed by atoms with Gasteiger partial charge in [0.05, 0.1) is 43.7 Å². The average molecular weight is 338 g/mol. The van der Waals surface area contributed by atoms with Crippen LogP contribution in [0.15, 0.2) is 41.5 Å². The lowest BCUT2D eigenvalue weighted by Crippen LogP contribution is -2.56. The van der Waals surface area contributed by atoms with Gasteiger partial charge in [0.1, 0.15) is 0 Å². The quantitative estimate of drug-likeness (QED) is 0.739. The number of esters is 1. The van der Waals surface area contributed by atoms with E-state index < -0.39 is 0 Å². The molecule has 25 heavy (non-hydrogen) atoms. The van der Waals surface area contributed by atoms with Gasteiger partial charge in [0.15, 0.2) is 0 Å². The Morgan fingerprint density at radius 1 is 1.32 bits per heavy atom. The van der Waals surface area contributed by atoms with Crippen LogP contribution in [-0.4, -0.2) is 49.5 Å². The van der Waals surface area contributed by atoms with Gasteiger partial charge in [0.25, 0.3) is 0 Å². The van der Waals surface area contributed by atoms with E-state index in [4.69, 9.17) is 14.5 Å². The summed E-state index contributed by atoms with van der Waals surface area (Å²) >= 11 is 0. The van der Waals surface area contributed by atoms with Gasteiger partial charge in [-0.05, 0) is 30.2 Å². The van der Waals surface area contributed by atoms with Crippen molar-refractivity contribution < 1.29 is 14.3 Å². The molecule has 0 bridgehead atoms. The molecule has 4 aliphatic heterocycles. The maximum Gasteiger partial charge on any atom is 0.311 e. The van der Waals surface area contributed by atoms with Crippen LogP contribution in [0, 0.1) is 17.8 Å². The molecule has 130 valence electrons. The van der Waals surface area contributed by atoms with Crippen LogP contribution in [0.3, 0.4) is 0 Å². The van der Waals surface area contributed by atoms with Crippen LogP contribution in [0.2, 0.25) is 0 Å². The molecule has 5 nitrogen and oxygen atoms in total.